The van der Waals surface area contributed by atoms with Gasteiger partial charge >= 0.3 is 0 Å². The Morgan fingerprint density at radius 2 is 0.500 bits per heavy atom. The average Bonchev–Trinajstić information content (AvgIpc) is 2.38. The van der Waals surface area contributed by atoms with Crippen molar-refractivity contribution in [3.05, 3.63) is 0 Å². The van der Waals surface area contributed by atoms with E-state index in [-0.39, 0.29) is 0 Å². The molecule has 0 unspecified atom stereocenters. The van der Waals surface area contributed by atoms with Crippen molar-refractivity contribution >= 4 is 0 Å². The van der Waals surface area contributed by atoms with E-state index in [0.717, 1.165) is 0 Å². The Labute approximate surface area is 119 Å². The Morgan fingerprint density at radius 1 is 0.333 bits per heavy atom. The molecule has 0 aliphatic heterocycles. The van der Waals surface area contributed by atoms with Crippen molar-refractivity contribution in [2.75, 3.05) is 0 Å². The number of hydrogen-bond acceptors (Lipinski definition) is 0. The molecule has 0 rings (SSSR count). The van der Waals surface area contributed by atoms with Crippen molar-refractivity contribution in [3.8, 4) is 0 Å². The Bertz CT molecular complexity index is 76.0. The highest BCUT2D eigenvalue weighted by Crippen LogP contribution is 2.05. The molecule has 0 aliphatic carbocycles. The van der Waals surface area contributed by atoms with Crippen LogP contribution in [0.5, 0.6) is 0 Å². The van der Waals surface area contributed by atoms with E-state index in [1.165, 1.54) is 77.0 Å². The SMILES string of the molecule is CCC.CCCCCC.CCCCCCCCC. The van der Waals surface area contributed by atoms with Crippen LogP contribution in [-0.2, 0) is 0 Å². The Balaban J connectivity index is -0.000000216. The van der Waals surface area contributed by atoms with E-state index < -0.39 is 0 Å². The Morgan fingerprint density at radius 3 is 0.722 bits per heavy atom. The highest BCUT2D eigenvalue weighted by Gasteiger charge is 1.85. The standard InChI is InChI=1S/C9H20.C6H14.C3H8/c1-3-5-7-9-8-6-4-2;1-3-5-6-4-2;1-3-2/h3-9H2,1-2H3;3-6H2,1-2H3;3H2,1-2H3. The first-order chi connectivity index (χ1) is 8.74. The van der Waals surface area contributed by atoms with Gasteiger partial charge in [0.2, 0.25) is 0 Å². The zero-order valence-electron chi connectivity index (χ0n) is 14.5. The lowest BCUT2D eigenvalue weighted by atomic mass is 10.1. The maximum atomic E-state index is 2.26. The molecule has 0 aromatic carbocycles. The van der Waals surface area contributed by atoms with E-state index in [1.807, 2.05) is 0 Å². The topological polar surface area (TPSA) is 0 Å². The molecule has 0 fully saturated rings. The number of rotatable bonds is 9. The average molecular weight is 259 g/mol. The predicted molar refractivity (Wildman–Crippen MR) is 89.4 cm³/mol. The van der Waals surface area contributed by atoms with Crippen LogP contribution in [0.3, 0.4) is 0 Å². The highest BCUT2D eigenvalue weighted by atomic mass is 13.9. The Kier molecular flexibility index (Phi) is 38.8. The summed E-state index contributed by atoms with van der Waals surface area (Å²) in [6, 6.07) is 0. The lowest BCUT2D eigenvalue weighted by Gasteiger charge is -1.96. The first-order valence-corrected chi connectivity index (χ1v) is 8.74. The molecule has 0 aliphatic rings. The minimum Gasteiger partial charge on any atom is -0.0656 e. The molecule has 0 saturated carbocycles. The van der Waals surface area contributed by atoms with Gasteiger partial charge in [-0.15, -0.1) is 0 Å². The summed E-state index contributed by atoms with van der Waals surface area (Å²) in [6.45, 7) is 13.2. The van der Waals surface area contributed by atoms with Crippen LogP contribution in [0.4, 0.5) is 0 Å². The van der Waals surface area contributed by atoms with Gasteiger partial charge in [-0.2, -0.15) is 0 Å². The van der Waals surface area contributed by atoms with E-state index in [2.05, 4.69) is 41.5 Å². The molecule has 0 bridgehead atoms. The molecule has 0 nitrogen and oxygen atoms in total. The van der Waals surface area contributed by atoms with Gasteiger partial charge in [-0.05, 0) is 0 Å². The molecule has 0 N–H and O–H groups in total. The molecule has 0 heteroatoms. The van der Waals surface area contributed by atoms with Gasteiger partial charge in [0.25, 0.3) is 0 Å². The van der Waals surface area contributed by atoms with Crippen molar-refractivity contribution in [1.82, 2.24) is 0 Å². The summed E-state index contributed by atoms with van der Waals surface area (Å²) >= 11 is 0. The minimum absolute atomic E-state index is 1.25. The molecule has 0 aromatic heterocycles. The summed E-state index contributed by atoms with van der Waals surface area (Å²) in [5, 5.41) is 0. The number of unbranched alkanes of at least 4 members (excludes halogenated alkanes) is 9. The molecule has 0 saturated heterocycles. The second-order valence-electron chi connectivity index (χ2n) is 5.18. The van der Waals surface area contributed by atoms with Crippen LogP contribution in [0, 0.1) is 0 Å². The fraction of sp³-hybridized carbons (Fsp3) is 1.00. The van der Waals surface area contributed by atoms with Crippen molar-refractivity contribution in [1.29, 1.82) is 0 Å². The molecule has 0 radical (unpaired) electrons. The normalized spacial score (nSPS) is 9.00. The van der Waals surface area contributed by atoms with Crippen molar-refractivity contribution in [3.63, 3.8) is 0 Å². The fourth-order valence-electron chi connectivity index (χ4n) is 1.53. The minimum atomic E-state index is 1.25. The van der Waals surface area contributed by atoms with Gasteiger partial charge in [0, 0.05) is 0 Å². The van der Waals surface area contributed by atoms with Crippen LogP contribution in [0.15, 0.2) is 0 Å². The fourth-order valence-corrected chi connectivity index (χ4v) is 1.53. The van der Waals surface area contributed by atoms with Crippen molar-refractivity contribution < 1.29 is 0 Å². The predicted octanol–water partition coefficient (Wildman–Crippen LogP) is 7.76. The van der Waals surface area contributed by atoms with E-state index in [1.54, 1.807) is 0 Å². The molecule has 0 amide bonds. The van der Waals surface area contributed by atoms with E-state index in [0.29, 0.717) is 0 Å². The summed E-state index contributed by atoms with van der Waals surface area (Å²) in [6.07, 6.45) is 16.8. The summed E-state index contributed by atoms with van der Waals surface area (Å²) in [4.78, 5) is 0. The lowest BCUT2D eigenvalue weighted by molar-refractivity contribution is 0.602. The van der Waals surface area contributed by atoms with Gasteiger partial charge < -0.3 is 0 Å². The van der Waals surface area contributed by atoms with Crippen molar-refractivity contribution in [2.45, 2.75) is 119 Å². The smallest absolute Gasteiger partial charge is 0.0533 e. The Hall–Kier alpha value is 0. The number of hydrogen-bond donors (Lipinski definition) is 0. The van der Waals surface area contributed by atoms with Crippen LogP contribution in [-0.4, -0.2) is 0 Å². The maximum Gasteiger partial charge on any atom is -0.0533 e. The zero-order valence-corrected chi connectivity index (χ0v) is 14.5. The van der Waals surface area contributed by atoms with E-state index in [4.69, 9.17) is 0 Å². The molecule has 0 spiro atoms. The van der Waals surface area contributed by atoms with Crippen LogP contribution in [0.25, 0.3) is 0 Å². The molecule has 114 valence electrons. The highest BCUT2D eigenvalue weighted by molar-refractivity contribution is 4.41. The third-order valence-corrected chi connectivity index (χ3v) is 2.66. The summed E-state index contributed by atoms with van der Waals surface area (Å²) in [5.74, 6) is 0. The van der Waals surface area contributed by atoms with Gasteiger partial charge in [0.15, 0.2) is 0 Å². The second-order valence-corrected chi connectivity index (χ2v) is 5.18. The zero-order chi connectivity index (χ0) is 14.5. The molecule has 0 heterocycles. The molecule has 0 aromatic rings. The summed E-state index contributed by atoms with van der Waals surface area (Å²) < 4.78 is 0. The van der Waals surface area contributed by atoms with Gasteiger partial charge in [-0.3, -0.25) is 0 Å². The van der Waals surface area contributed by atoms with E-state index >= 15 is 0 Å². The van der Waals surface area contributed by atoms with Crippen LogP contribution in [0.2, 0.25) is 0 Å². The monoisotopic (exact) mass is 258 g/mol. The van der Waals surface area contributed by atoms with Crippen LogP contribution < -0.4 is 0 Å². The van der Waals surface area contributed by atoms with Crippen LogP contribution in [0.1, 0.15) is 119 Å². The summed E-state index contributed by atoms with van der Waals surface area (Å²) in [5.41, 5.74) is 0. The first-order valence-electron chi connectivity index (χ1n) is 8.74. The van der Waals surface area contributed by atoms with Crippen LogP contribution >= 0.6 is 0 Å². The molecular formula is C18H42. The molecule has 0 atom stereocenters. The molecular weight excluding hydrogens is 216 g/mol. The first kappa shape index (κ1) is 23.1. The largest absolute Gasteiger partial charge is 0.0656 e. The quantitative estimate of drug-likeness (QED) is 0.371. The summed E-state index contributed by atoms with van der Waals surface area (Å²) in [7, 11) is 0. The third kappa shape index (κ3) is 44.4. The van der Waals surface area contributed by atoms with Gasteiger partial charge in [0.05, 0.1) is 0 Å². The molecule has 18 heavy (non-hydrogen) atoms. The van der Waals surface area contributed by atoms with E-state index in [9.17, 15) is 0 Å². The maximum absolute atomic E-state index is 2.26. The van der Waals surface area contributed by atoms with Gasteiger partial charge in [-0.1, -0.05) is 119 Å². The van der Waals surface area contributed by atoms with Gasteiger partial charge in [-0.25, -0.2) is 0 Å². The van der Waals surface area contributed by atoms with Crippen molar-refractivity contribution in [2.24, 2.45) is 0 Å². The van der Waals surface area contributed by atoms with Gasteiger partial charge in [0.1, 0.15) is 0 Å². The lowest BCUT2D eigenvalue weighted by Crippen LogP contribution is -1.76. The second kappa shape index (κ2) is 30.2. The third-order valence-electron chi connectivity index (χ3n) is 2.66.